The average molecular weight is 661 g/mol. The molecule has 2 aliphatic rings. The summed E-state index contributed by atoms with van der Waals surface area (Å²) in [5.41, 5.74) is 8.73. The zero-order valence-corrected chi connectivity index (χ0v) is 28.2. The molecule has 244 valence electrons. The van der Waals surface area contributed by atoms with Crippen molar-refractivity contribution in [3.8, 4) is 39.2 Å². The van der Waals surface area contributed by atoms with Crippen LogP contribution in [0.2, 0.25) is 0 Å². The monoisotopic (exact) mass is 660 g/mol. The van der Waals surface area contributed by atoms with Gasteiger partial charge in [0.15, 0.2) is 5.58 Å². The molecule has 3 aromatic carbocycles. The van der Waals surface area contributed by atoms with Crippen LogP contribution < -0.4 is 5.32 Å². The summed E-state index contributed by atoms with van der Waals surface area (Å²) in [7, 11) is 1.78. The van der Waals surface area contributed by atoms with Crippen molar-refractivity contribution in [2.45, 2.75) is 46.8 Å². The topological polar surface area (TPSA) is 136 Å². The van der Waals surface area contributed by atoms with Crippen LogP contribution in [0, 0.1) is 30.6 Å². The first-order valence-corrected chi connectivity index (χ1v) is 16.8. The molecule has 11 heteroatoms. The summed E-state index contributed by atoms with van der Waals surface area (Å²) in [4.78, 5) is 39.0. The average Bonchev–Trinajstić information content (AvgIpc) is 3.84. The van der Waals surface area contributed by atoms with Gasteiger partial charge in [-0.05, 0) is 86.8 Å². The van der Waals surface area contributed by atoms with E-state index in [1.54, 1.807) is 25.3 Å². The normalized spacial score (nSPS) is 17.6. The summed E-state index contributed by atoms with van der Waals surface area (Å²) in [6, 6.07) is 18.4. The van der Waals surface area contributed by atoms with Gasteiger partial charge >= 0.3 is 5.97 Å². The second-order valence-electron chi connectivity index (χ2n) is 13.1. The number of aromatic nitrogens is 2. The van der Waals surface area contributed by atoms with E-state index >= 15 is 0 Å². The number of carbonyl (C=O) groups excluding carboxylic acids is 1. The lowest BCUT2D eigenvalue weighted by Gasteiger charge is -2.20. The van der Waals surface area contributed by atoms with E-state index in [1.165, 1.54) is 0 Å². The maximum Gasteiger partial charge on any atom is 0.310 e. The molecule has 5 aromatic rings. The third-order valence-corrected chi connectivity index (χ3v) is 10.8. The van der Waals surface area contributed by atoms with Crippen molar-refractivity contribution in [3.05, 3.63) is 81.4 Å². The fraction of sp³-hybridized carbons (Fsp3) is 0.324. The predicted molar refractivity (Wildman–Crippen MR) is 184 cm³/mol. The van der Waals surface area contributed by atoms with Gasteiger partial charge in [-0.3, -0.25) is 14.5 Å². The Morgan fingerprint density at radius 3 is 2.44 bits per heavy atom. The minimum atomic E-state index is -0.781. The third-order valence-electron chi connectivity index (χ3n) is 9.70. The fourth-order valence-corrected chi connectivity index (χ4v) is 8.09. The summed E-state index contributed by atoms with van der Waals surface area (Å²) in [5.74, 6) is -0.259. The number of thiazole rings is 1. The number of benzene rings is 3. The number of carboxylic acids is 1. The maximum absolute atomic E-state index is 12.4. The van der Waals surface area contributed by atoms with Gasteiger partial charge in [0.2, 0.25) is 11.8 Å². The summed E-state index contributed by atoms with van der Waals surface area (Å²) >= 11 is 1.65. The van der Waals surface area contributed by atoms with E-state index in [-0.39, 0.29) is 5.91 Å². The number of nitrogens with one attached hydrogen (secondary N) is 1. The molecule has 48 heavy (non-hydrogen) atoms. The Morgan fingerprint density at radius 1 is 1.06 bits per heavy atom. The molecular weight excluding hydrogens is 625 g/mol. The van der Waals surface area contributed by atoms with Gasteiger partial charge < -0.3 is 19.7 Å². The minimum absolute atomic E-state index is 0.0771. The molecule has 7 rings (SSSR count). The van der Waals surface area contributed by atoms with Crippen molar-refractivity contribution >= 4 is 34.3 Å². The van der Waals surface area contributed by atoms with Gasteiger partial charge in [-0.2, -0.15) is 5.26 Å². The Bertz CT molecular complexity index is 2120. The number of hydrogen-bond acceptors (Lipinski definition) is 9. The number of nitrogens with zero attached hydrogens (tertiary/aromatic N) is 5. The number of nitriles is 1. The minimum Gasteiger partial charge on any atom is -0.481 e. The molecule has 0 unspecified atom stereocenters. The first-order chi connectivity index (χ1) is 23.1. The smallest absolute Gasteiger partial charge is 0.310 e. The van der Waals surface area contributed by atoms with E-state index in [4.69, 9.17) is 14.4 Å². The number of likely N-dealkylation sites (tertiary alicyclic amines) is 1. The molecule has 1 atom stereocenters. The zero-order chi connectivity index (χ0) is 33.7. The van der Waals surface area contributed by atoms with Gasteiger partial charge in [0.05, 0.1) is 36.3 Å². The molecule has 10 nitrogen and oxygen atoms in total. The predicted octanol–water partition coefficient (Wildman–Crippen LogP) is 6.13. The number of carboxylic acid groups (broad SMARTS) is 1. The van der Waals surface area contributed by atoms with Crippen LogP contribution in [0.4, 0.5) is 0 Å². The highest BCUT2D eigenvalue weighted by atomic mass is 32.1. The highest BCUT2D eigenvalue weighted by Gasteiger charge is 2.40. The Kier molecular flexibility index (Phi) is 8.11. The van der Waals surface area contributed by atoms with E-state index in [0.29, 0.717) is 68.2 Å². The van der Waals surface area contributed by atoms with Crippen LogP contribution in [-0.4, -0.2) is 63.4 Å². The van der Waals surface area contributed by atoms with Crippen LogP contribution >= 0.6 is 11.3 Å². The summed E-state index contributed by atoms with van der Waals surface area (Å²) < 4.78 is 6.27. The molecule has 1 saturated heterocycles. The molecule has 4 heterocycles. The standard InChI is InChI=1S/C37H36N6O4S/c1-21-25(26-8-6-10-28(22(26)2)35-41-30-18-43(19-31(30)48-35)32(44)16-39-4)7-5-9-27(21)34-40-29-14-23(13-24(15-38)33(29)47-34)17-42-12-11-37(3,20-42)36(45)46/h5-10,13-14,39H,11-12,16-20H2,1-4H3,(H,45,46)/t37-/m1/s1. The molecule has 0 aliphatic carbocycles. The maximum atomic E-state index is 12.4. The second kappa shape index (κ2) is 12.3. The van der Waals surface area contributed by atoms with Gasteiger partial charge in [-0.15, -0.1) is 11.3 Å². The number of aliphatic carboxylic acids is 1. The van der Waals surface area contributed by atoms with Gasteiger partial charge in [0.1, 0.15) is 16.6 Å². The number of rotatable bonds is 8. The Labute approximate surface area is 282 Å². The lowest BCUT2D eigenvalue weighted by molar-refractivity contribution is -0.147. The number of hydrogen-bond donors (Lipinski definition) is 2. The molecule has 0 bridgehead atoms. The molecule has 2 N–H and O–H groups in total. The van der Waals surface area contributed by atoms with Crippen molar-refractivity contribution < 1.29 is 19.1 Å². The van der Waals surface area contributed by atoms with E-state index in [2.05, 4.69) is 54.4 Å². The molecule has 1 amide bonds. The SMILES string of the molecule is CNCC(=O)N1Cc2nc(-c3cccc(-c4cccc(-c5nc6cc(CN7CC[C@@](C)(C(=O)O)C7)cc(C#N)c6o5)c4C)c3C)sc2C1. The summed E-state index contributed by atoms with van der Waals surface area (Å²) in [6.45, 7) is 9.08. The lowest BCUT2D eigenvalue weighted by atomic mass is 9.90. The Hall–Kier alpha value is -4.89. The second-order valence-corrected chi connectivity index (χ2v) is 14.2. The number of amides is 1. The first-order valence-electron chi connectivity index (χ1n) is 16.0. The highest BCUT2D eigenvalue weighted by molar-refractivity contribution is 7.15. The molecular formula is C37H36N6O4S. The zero-order valence-electron chi connectivity index (χ0n) is 27.4. The number of oxazole rings is 1. The third kappa shape index (κ3) is 5.56. The Morgan fingerprint density at radius 2 is 1.77 bits per heavy atom. The largest absolute Gasteiger partial charge is 0.481 e. The molecule has 2 aromatic heterocycles. The quantitative estimate of drug-likeness (QED) is 0.201. The summed E-state index contributed by atoms with van der Waals surface area (Å²) in [5, 5.41) is 23.5. The van der Waals surface area contributed by atoms with E-state index < -0.39 is 11.4 Å². The van der Waals surface area contributed by atoms with E-state index in [9.17, 15) is 20.0 Å². The van der Waals surface area contributed by atoms with Gasteiger partial charge in [0.25, 0.3) is 0 Å². The number of likely N-dealkylation sites (N-methyl/N-ethyl adjacent to an activating group) is 1. The molecule has 2 aliphatic heterocycles. The molecule has 0 radical (unpaired) electrons. The van der Waals surface area contributed by atoms with Crippen molar-refractivity contribution in [1.82, 2.24) is 25.1 Å². The first kappa shape index (κ1) is 31.7. The fourth-order valence-electron chi connectivity index (χ4n) is 6.92. The van der Waals surface area contributed by atoms with Gasteiger partial charge in [0, 0.05) is 29.1 Å². The van der Waals surface area contributed by atoms with Crippen LogP contribution in [0.15, 0.2) is 52.9 Å². The van der Waals surface area contributed by atoms with Crippen LogP contribution in [0.1, 0.15) is 46.2 Å². The molecule has 0 spiro atoms. The van der Waals surface area contributed by atoms with E-state index in [0.717, 1.165) is 54.5 Å². The molecule has 0 saturated carbocycles. The lowest BCUT2D eigenvalue weighted by Crippen LogP contribution is -2.33. The van der Waals surface area contributed by atoms with Crippen LogP contribution in [0.5, 0.6) is 0 Å². The van der Waals surface area contributed by atoms with Gasteiger partial charge in [-0.1, -0.05) is 30.3 Å². The highest BCUT2D eigenvalue weighted by Crippen LogP contribution is 2.40. The number of fused-ring (bicyclic) bond motifs is 2. The Balaban J connectivity index is 1.18. The van der Waals surface area contributed by atoms with Gasteiger partial charge in [-0.25, -0.2) is 9.97 Å². The molecule has 1 fully saturated rings. The van der Waals surface area contributed by atoms with Crippen LogP contribution in [0.3, 0.4) is 0 Å². The van der Waals surface area contributed by atoms with Crippen molar-refractivity contribution in [1.29, 1.82) is 5.26 Å². The summed E-state index contributed by atoms with van der Waals surface area (Å²) in [6.07, 6.45) is 0.589. The number of carbonyl (C=O) groups is 2. The van der Waals surface area contributed by atoms with Crippen LogP contribution in [0.25, 0.3) is 44.3 Å². The van der Waals surface area contributed by atoms with Crippen molar-refractivity contribution in [2.75, 3.05) is 26.7 Å². The van der Waals surface area contributed by atoms with E-state index in [1.807, 2.05) is 29.2 Å². The van der Waals surface area contributed by atoms with Crippen molar-refractivity contribution in [2.24, 2.45) is 5.41 Å². The van der Waals surface area contributed by atoms with Crippen LogP contribution in [-0.2, 0) is 29.2 Å². The van der Waals surface area contributed by atoms with Crippen molar-refractivity contribution in [3.63, 3.8) is 0 Å².